The van der Waals surface area contributed by atoms with Crippen molar-refractivity contribution in [2.45, 2.75) is 0 Å². The largest absolute Gasteiger partial charge is 0.383 e. The van der Waals surface area contributed by atoms with Crippen LogP contribution in [0.1, 0.15) is 10.4 Å². The first-order valence-corrected chi connectivity index (χ1v) is 5.46. The maximum absolute atomic E-state index is 10.5. The number of carbonyl (C=O) groups excluding carboxylic acids is 1. The van der Waals surface area contributed by atoms with Gasteiger partial charge in [0.25, 0.3) is 0 Å². The molecule has 1 aromatic rings. The Labute approximate surface area is 101 Å². The fourth-order valence-corrected chi connectivity index (χ4v) is 1.40. The fourth-order valence-electron chi connectivity index (χ4n) is 1.40. The zero-order valence-electron chi connectivity index (χ0n) is 10.3. The Balaban J connectivity index is 2.68. The summed E-state index contributed by atoms with van der Waals surface area (Å²) in [5.74, 6) is 0.824. The molecular formula is C12H18N2O3. The molecule has 5 nitrogen and oxygen atoms in total. The zero-order chi connectivity index (χ0) is 12.5. The van der Waals surface area contributed by atoms with Crippen molar-refractivity contribution in [2.24, 2.45) is 0 Å². The normalized spacial score (nSPS) is 10.2. The van der Waals surface area contributed by atoms with E-state index < -0.39 is 0 Å². The summed E-state index contributed by atoms with van der Waals surface area (Å²) in [4.78, 5) is 16.8. The third-order valence-corrected chi connectivity index (χ3v) is 2.36. The molecule has 0 amide bonds. The second-order valence-corrected chi connectivity index (χ2v) is 3.54. The van der Waals surface area contributed by atoms with E-state index in [1.165, 1.54) is 0 Å². The van der Waals surface area contributed by atoms with Crippen LogP contribution in [-0.4, -0.2) is 51.8 Å². The van der Waals surface area contributed by atoms with Gasteiger partial charge in [0.15, 0.2) is 6.29 Å². The molecule has 17 heavy (non-hydrogen) atoms. The van der Waals surface area contributed by atoms with E-state index in [0.29, 0.717) is 18.8 Å². The quantitative estimate of drug-likeness (QED) is 0.632. The summed E-state index contributed by atoms with van der Waals surface area (Å²) in [7, 11) is 3.33. The van der Waals surface area contributed by atoms with Crippen molar-refractivity contribution in [3.05, 3.63) is 23.9 Å². The fraction of sp³-hybridized carbons (Fsp3) is 0.500. The molecule has 0 aliphatic heterocycles. The van der Waals surface area contributed by atoms with Crippen LogP contribution in [0.5, 0.6) is 0 Å². The minimum absolute atomic E-state index is 0.576. The predicted molar refractivity (Wildman–Crippen MR) is 65.6 cm³/mol. The molecule has 1 heterocycles. The smallest absolute Gasteiger partial charge is 0.151 e. The molecule has 0 aromatic carbocycles. The minimum atomic E-state index is 0.576. The molecule has 0 N–H and O–H groups in total. The molecule has 0 saturated heterocycles. The summed E-state index contributed by atoms with van der Waals surface area (Å²) in [6, 6.07) is 3.58. The number of aromatic nitrogens is 1. The van der Waals surface area contributed by atoms with Crippen LogP contribution in [0.2, 0.25) is 0 Å². The van der Waals surface area contributed by atoms with Gasteiger partial charge in [0.05, 0.1) is 13.2 Å². The van der Waals surface area contributed by atoms with Gasteiger partial charge in [-0.3, -0.25) is 4.79 Å². The molecule has 0 aliphatic carbocycles. The number of carbonyl (C=O) groups is 1. The Morgan fingerprint density at radius 3 is 2.29 bits per heavy atom. The van der Waals surface area contributed by atoms with Crippen molar-refractivity contribution in [2.75, 3.05) is 45.4 Å². The van der Waals surface area contributed by atoms with Crippen LogP contribution in [0.25, 0.3) is 0 Å². The maximum Gasteiger partial charge on any atom is 0.151 e. The lowest BCUT2D eigenvalue weighted by atomic mass is 10.3. The van der Waals surface area contributed by atoms with Crippen LogP contribution in [0.3, 0.4) is 0 Å². The van der Waals surface area contributed by atoms with Crippen molar-refractivity contribution >= 4 is 12.1 Å². The van der Waals surface area contributed by atoms with Crippen molar-refractivity contribution < 1.29 is 14.3 Å². The second kappa shape index (κ2) is 7.76. The van der Waals surface area contributed by atoms with E-state index in [9.17, 15) is 4.79 Å². The number of pyridine rings is 1. The highest BCUT2D eigenvalue weighted by molar-refractivity contribution is 5.74. The van der Waals surface area contributed by atoms with Crippen LogP contribution in [0, 0.1) is 0 Å². The van der Waals surface area contributed by atoms with Gasteiger partial charge >= 0.3 is 0 Å². The van der Waals surface area contributed by atoms with Gasteiger partial charge in [-0.25, -0.2) is 4.98 Å². The van der Waals surface area contributed by atoms with Crippen LogP contribution >= 0.6 is 0 Å². The number of anilines is 1. The van der Waals surface area contributed by atoms with Gasteiger partial charge in [0.2, 0.25) is 0 Å². The Morgan fingerprint density at radius 2 is 1.88 bits per heavy atom. The molecule has 0 bridgehead atoms. The molecular weight excluding hydrogens is 220 g/mol. The highest BCUT2D eigenvalue weighted by atomic mass is 16.5. The molecule has 5 heteroatoms. The molecule has 0 saturated carbocycles. The van der Waals surface area contributed by atoms with Crippen molar-refractivity contribution in [1.29, 1.82) is 0 Å². The molecule has 94 valence electrons. The summed E-state index contributed by atoms with van der Waals surface area (Å²) < 4.78 is 10.1. The first kappa shape index (κ1) is 13.6. The summed E-state index contributed by atoms with van der Waals surface area (Å²) in [5.41, 5.74) is 0.576. The third kappa shape index (κ3) is 4.50. The highest BCUT2D eigenvalue weighted by Crippen LogP contribution is 2.10. The topological polar surface area (TPSA) is 51.7 Å². The zero-order valence-corrected chi connectivity index (χ0v) is 10.3. The van der Waals surface area contributed by atoms with E-state index >= 15 is 0 Å². The average Bonchev–Trinajstić information content (AvgIpc) is 2.39. The maximum atomic E-state index is 10.5. The highest BCUT2D eigenvalue weighted by Gasteiger charge is 2.07. The molecule has 0 atom stereocenters. The van der Waals surface area contributed by atoms with Crippen LogP contribution in [0.4, 0.5) is 5.82 Å². The Kier molecular flexibility index (Phi) is 6.21. The standard InChI is InChI=1S/C12H18N2O3/c1-16-7-5-14(6-8-17-2)12-4-3-11(10-15)9-13-12/h3-4,9-10H,5-8H2,1-2H3. The Bertz CT molecular complexity index is 319. The van der Waals surface area contributed by atoms with E-state index in [-0.39, 0.29) is 0 Å². The lowest BCUT2D eigenvalue weighted by molar-refractivity contribution is 0.112. The first-order chi connectivity index (χ1) is 8.31. The van der Waals surface area contributed by atoms with E-state index in [0.717, 1.165) is 25.2 Å². The van der Waals surface area contributed by atoms with E-state index in [2.05, 4.69) is 9.88 Å². The van der Waals surface area contributed by atoms with Crippen LogP contribution < -0.4 is 4.90 Å². The van der Waals surface area contributed by atoms with Crippen molar-refractivity contribution in [1.82, 2.24) is 4.98 Å². The molecule has 1 aromatic heterocycles. The first-order valence-electron chi connectivity index (χ1n) is 5.46. The molecule has 1 rings (SSSR count). The van der Waals surface area contributed by atoms with Gasteiger partial charge in [0, 0.05) is 39.1 Å². The summed E-state index contributed by atoms with van der Waals surface area (Å²) in [5, 5.41) is 0. The molecule has 0 aliphatic rings. The van der Waals surface area contributed by atoms with Crippen LogP contribution in [0.15, 0.2) is 18.3 Å². The van der Waals surface area contributed by atoms with E-state index in [1.54, 1.807) is 26.5 Å². The number of hydrogen-bond acceptors (Lipinski definition) is 5. The number of nitrogens with zero attached hydrogens (tertiary/aromatic N) is 2. The SMILES string of the molecule is COCCN(CCOC)c1ccc(C=O)cn1. The van der Waals surface area contributed by atoms with Crippen molar-refractivity contribution in [3.8, 4) is 0 Å². The van der Waals surface area contributed by atoms with E-state index in [1.807, 2.05) is 6.07 Å². The average molecular weight is 238 g/mol. The third-order valence-electron chi connectivity index (χ3n) is 2.36. The minimum Gasteiger partial charge on any atom is -0.383 e. The number of hydrogen-bond donors (Lipinski definition) is 0. The van der Waals surface area contributed by atoms with Gasteiger partial charge in [-0.05, 0) is 12.1 Å². The van der Waals surface area contributed by atoms with E-state index in [4.69, 9.17) is 9.47 Å². The number of ether oxygens (including phenoxy) is 2. The number of aldehydes is 1. The monoisotopic (exact) mass is 238 g/mol. The van der Waals surface area contributed by atoms with Gasteiger partial charge in [-0.2, -0.15) is 0 Å². The lowest BCUT2D eigenvalue weighted by Crippen LogP contribution is -2.31. The van der Waals surface area contributed by atoms with Gasteiger partial charge < -0.3 is 14.4 Å². The summed E-state index contributed by atoms with van der Waals surface area (Å²) in [6.45, 7) is 2.74. The summed E-state index contributed by atoms with van der Waals surface area (Å²) >= 11 is 0. The Morgan fingerprint density at radius 1 is 1.24 bits per heavy atom. The number of methoxy groups -OCH3 is 2. The second-order valence-electron chi connectivity index (χ2n) is 3.54. The predicted octanol–water partition coefficient (Wildman–Crippen LogP) is 0.993. The van der Waals surface area contributed by atoms with Gasteiger partial charge in [-0.15, -0.1) is 0 Å². The molecule has 0 radical (unpaired) electrons. The molecule has 0 unspecified atom stereocenters. The summed E-state index contributed by atoms with van der Waals surface area (Å²) in [6.07, 6.45) is 2.35. The van der Waals surface area contributed by atoms with Gasteiger partial charge in [0.1, 0.15) is 5.82 Å². The molecule has 0 spiro atoms. The Hall–Kier alpha value is -1.46. The van der Waals surface area contributed by atoms with Crippen molar-refractivity contribution in [3.63, 3.8) is 0 Å². The van der Waals surface area contributed by atoms with Crippen LogP contribution in [-0.2, 0) is 9.47 Å². The van der Waals surface area contributed by atoms with Gasteiger partial charge in [-0.1, -0.05) is 0 Å². The molecule has 0 fully saturated rings. The number of rotatable bonds is 8. The lowest BCUT2D eigenvalue weighted by Gasteiger charge is -2.22.